The Hall–Kier alpha value is -0.180. The van der Waals surface area contributed by atoms with Gasteiger partial charge in [-0.3, -0.25) is 0 Å². The molecule has 52 valence electrons. The lowest BCUT2D eigenvalue weighted by Crippen LogP contribution is -2.01. The first-order chi connectivity index (χ1) is 4.33. The second-order valence-corrected chi connectivity index (χ2v) is 2.98. The molecule has 0 saturated carbocycles. The van der Waals surface area contributed by atoms with E-state index in [1.165, 1.54) is 0 Å². The summed E-state index contributed by atoms with van der Waals surface area (Å²) in [4.78, 5) is 4.25. The fourth-order valence-electron chi connectivity index (χ4n) is 0.740. The predicted molar refractivity (Wildman–Crippen MR) is 41.2 cm³/mol. The minimum atomic E-state index is 0.382. The van der Waals surface area contributed by atoms with Crippen LogP contribution in [0, 0.1) is 0 Å². The molecule has 0 N–H and O–H groups in total. The summed E-state index contributed by atoms with van der Waals surface area (Å²) in [5.74, 6) is 1.83. The number of nitrogens with zero attached hydrogens (tertiary/aromatic N) is 1. The van der Waals surface area contributed by atoms with E-state index in [0.717, 1.165) is 18.3 Å². The average Bonchev–Trinajstić information content (AvgIpc) is 2.17. The van der Waals surface area contributed by atoms with Crippen LogP contribution in [0.5, 0.6) is 0 Å². The summed E-state index contributed by atoms with van der Waals surface area (Å²) in [7, 11) is 0. The van der Waals surface area contributed by atoms with Crippen LogP contribution in [0.3, 0.4) is 0 Å². The number of thioether (sulfide) groups is 1. The smallest absolute Gasteiger partial charge is 0.193 e. The summed E-state index contributed by atoms with van der Waals surface area (Å²) < 4.78 is 5.23. The monoisotopic (exact) mass is 145 g/mol. The summed E-state index contributed by atoms with van der Waals surface area (Å²) in [6.07, 6.45) is 2.05. The van der Waals surface area contributed by atoms with E-state index in [1.54, 1.807) is 11.8 Å². The zero-order chi connectivity index (χ0) is 6.69. The van der Waals surface area contributed by atoms with E-state index in [9.17, 15) is 0 Å². The third-order valence-electron chi connectivity index (χ3n) is 1.12. The summed E-state index contributed by atoms with van der Waals surface area (Å²) in [5.41, 5.74) is 0. The summed E-state index contributed by atoms with van der Waals surface area (Å²) in [6.45, 7) is 2.84. The van der Waals surface area contributed by atoms with Crippen LogP contribution in [0.25, 0.3) is 0 Å². The summed E-state index contributed by atoms with van der Waals surface area (Å²) >= 11 is 1.75. The van der Waals surface area contributed by atoms with Crippen molar-refractivity contribution < 1.29 is 4.74 Å². The maximum Gasteiger partial charge on any atom is 0.193 e. The van der Waals surface area contributed by atoms with Gasteiger partial charge in [0.1, 0.15) is 6.61 Å². The second kappa shape index (κ2) is 3.11. The molecule has 0 radical (unpaired) electrons. The van der Waals surface area contributed by atoms with Gasteiger partial charge in [-0.2, -0.15) is 11.8 Å². The third kappa shape index (κ3) is 1.90. The number of rotatable bonds is 2. The average molecular weight is 145 g/mol. The molecule has 0 amide bonds. The molecule has 1 rings (SSSR count). The summed E-state index contributed by atoms with van der Waals surface area (Å²) in [5, 5.41) is 0. The molecule has 0 bridgehead atoms. The highest BCUT2D eigenvalue weighted by Crippen LogP contribution is 2.06. The molecule has 0 aliphatic carbocycles. The quantitative estimate of drug-likeness (QED) is 0.581. The molecule has 0 aromatic rings. The van der Waals surface area contributed by atoms with Crippen LogP contribution in [0.4, 0.5) is 0 Å². The molecule has 0 fully saturated rings. The van der Waals surface area contributed by atoms with Gasteiger partial charge < -0.3 is 4.74 Å². The molecule has 1 aliphatic heterocycles. The van der Waals surface area contributed by atoms with Crippen molar-refractivity contribution in [2.45, 2.75) is 13.0 Å². The zero-order valence-electron chi connectivity index (χ0n) is 5.76. The topological polar surface area (TPSA) is 21.6 Å². The maximum atomic E-state index is 5.23. The van der Waals surface area contributed by atoms with Gasteiger partial charge in [-0.25, -0.2) is 4.99 Å². The van der Waals surface area contributed by atoms with Crippen molar-refractivity contribution in [3.63, 3.8) is 0 Å². The van der Waals surface area contributed by atoms with E-state index in [-0.39, 0.29) is 0 Å². The molecule has 0 spiro atoms. The SMILES string of the molecule is CSCC1=N[C@@H](C)CO1. The van der Waals surface area contributed by atoms with Crippen molar-refractivity contribution in [3.8, 4) is 0 Å². The molecule has 0 aromatic heterocycles. The Bertz CT molecular complexity index is 124. The third-order valence-corrected chi connectivity index (χ3v) is 1.66. The molecular weight excluding hydrogens is 134 g/mol. The van der Waals surface area contributed by atoms with Gasteiger partial charge in [-0.15, -0.1) is 0 Å². The van der Waals surface area contributed by atoms with E-state index in [2.05, 4.69) is 18.2 Å². The van der Waals surface area contributed by atoms with Gasteiger partial charge in [0.05, 0.1) is 11.8 Å². The highest BCUT2D eigenvalue weighted by atomic mass is 32.2. The van der Waals surface area contributed by atoms with Crippen molar-refractivity contribution in [3.05, 3.63) is 0 Å². The molecule has 0 aromatic carbocycles. The highest BCUT2D eigenvalue weighted by Gasteiger charge is 2.12. The Kier molecular flexibility index (Phi) is 2.39. The van der Waals surface area contributed by atoms with Gasteiger partial charge >= 0.3 is 0 Å². The molecule has 1 aliphatic rings. The van der Waals surface area contributed by atoms with Crippen LogP contribution < -0.4 is 0 Å². The lowest BCUT2D eigenvalue weighted by atomic mass is 10.4. The van der Waals surface area contributed by atoms with Crippen LogP contribution in [0.1, 0.15) is 6.92 Å². The first kappa shape index (κ1) is 6.93. The van der Waals surface area contributed by atoms with Gasteiger partial charge in [-0.05, 0) is 13.2 Å². The normalized spacial score (nSPS) is 25.6. The Labute approximate surface area is 59.7 Å². The number of hydrogen-bond donors (Lipinski definition) is 0. The van der Waals surface area contributed by atoms with Gasteiger partial charge in [0.15, 0.2) is 5.90 Å². The minimum Gasteiger partial charge on any atom is -0.478 e. The summed E-state index contributed by atoms with van der Waals surface area (Å²) in [6, 6.07) is 0.382. The Morgan fingerprint density at radius 2 is 2.67 bits per heavy atom. The highest BCUT2D eigenvalue weighted by molar-refractivity contribution is 7.99. The van der Waals surface area contributed by atoms with E-state index < -0.39 is 0 Å². The van der Waals surface area contributed by atoms with Crippen molar-refractivity contribution in [2.24, 2.45) is 4.99 Å². The molecule has 2 nitrogen and oxygen atoms in total. The standard InChI is InChI=1S/C6H11NOS/c1-5-3-8-6(7-5)4-9-2/h5H,3-4H2,1-2H3/t5-/m0/s1. The Morgan fingerprint density at radius 3 is 3.11 bits per heavy atom. The van der Waals surface area contributed by atoms with E-state index in [1.807, 2.05) is 0 Å². The first-order valence-corrected chi connectivity index (χ1v) is 4.40. The minimum absolute atomic E-state index is 0.382. The van der Waals surface area contributed by atoms with Crippen LogP contribution in [0.15, 0.2) is 4.99 Å². The molecule has 0 unspecified atom stereocenters. The fraction of sp³-hybridized carbons (Fsp3) is 0.833. The Morgan fingerprint density at radius 1 is 1.89 bits per heavy atom. The molecular formula is C6H11NOS. The van der Waals surface area contributed by atoms with E-state index >= 15 is 0 Å². The molecule has 1 heterocycles. The van der Waals surface area contributed by atoms with Gasteiger partial charge in [0.25, 0.3) is 0 Å². The van der Waals surface area contributed by atoms with Crippen LogP contribution >= 0.6 is 11.8 Å². The van der Waals surface area contributed by atoms with Gasteiger partial charge in [0, 0.05) is 0 Å². The van der Waals surface area contributed by atoms with E-state index in [4.69, 9.17) is 4.74 Å². The fourth-order valence-corrected chi connectivity index (χ4v) is 1.14. The number of aliphatic imine (C=N–C) groups is 1. The van der Waals surface area contributed by atoms with Crippen LogP contribution in [-0.2, 0) is 4.74 Å². The maximum absolute atomic E-state index is 5.23. The lowest BCUT2D eigenvalue weighted by molar-refractivity contribution is 0.322. The zero-order valence-corrected chi connectivity index (χ0v) is 6.57. The Balaban J connectivity index is 2.33. The first-order valence-electron chi connectivity index (χ1n) is 3.01. The molecule has 1 atom stereocenters. The van der Waals surface area contributed by atoms with Crippen molar-refractivity contribution in [1.29, 1.82) is 0 Å². The molecule has 3 heteroatoms. The van der Waals surface area contributed by atoms with Crippen molar-refractivity contribution in [1.82, 2.24) is 0 Å². The van der Waals surface area contributed by atoms with Gasteiger partial charge in [0.2, 0.25) is 0 Å². The van der Waals surface area contributed by atoms with Crippen molar-refractivity contribution >= 4 is 17.7 Å². The number of ether oxygens (including phenoxy) is 1. The molecule has 9 heavy (non-hydrogen) atoms. The largest absolute Gasteiger partial charge is 0.478 e. The van der Waals surface area contributed by atoms with E-state index in [0.29, 0.717) is 6.04 Å². The number of hydrogen-bond acceptors (Lipinski definition) is 3. The predicted octanol–water partition coefficient (Wildman–Crippen LogP) is 1.17. The van der Waals surface area contributed by atoms with Gasteiger partial charge in [-0.1, -0.05) is 0 Å². The van der Waals surface area contributed by atoms with Crippen LogP contribution in [0.2, 0.25) is 0 Å². The van der Waals surface area contributed by atoms with Crippen molar-refractivity contribution in [2.75, 3.05) is 18.6 Å². The second-order valence-electron chi connectivity index (χ2n) is 2.12. The molecule has 0 saturated heterocycles. The lowest BCUT2D eigenvalue weighted by Gasteiger charge is -1.95. The van der Waals surface area contributed by atoms with Crippen LogP contribution in [-0.4, -0.2) is 30.6 Å².